The van der Waals surface area contributed by atoms with Crippen molar-refractivity contribution in [1.82, 2.24) is 14.6 Å². The lowest BCUT2D eigenvalue weighted by molar-refractivity contribution is 0.504. The third-order valence-electron chi connectivity index (χ3n) is 4.42. The van der Waals surface area contributed by atoms with Crippen molar-refractivity contribution in [3.05, 3.63) is 60.9 Å². The Hall–Kier alpha value is -2.62. The van der Waals surface area contributed by atoms with E-state index >= 15 is 0 Å². The van der Waals surface area contributed by atoms with Gasteiger partial charge in [0, 0.05) is 30.1 Å². The molecule has 0 spiro atoms. The zero-order valence-electron chi connectivity index (χ0n) is 13.0. The van der Waals surface area contributed by atoms with Crippen LogP contribution >= 0.6 is 0 Å². The van der Waals surface area contributed by atoms with Gasteiger partial charge >= 0.3 is 0 Å². The fourth-order valence-electron chi connectivity index (χ4n) is 3.15. The summed E-state index contributed by atoms with van der Waals surface area (Å²) < 4.78 is 1.88. The number of nitrogens with zero attached hydrogens (tertiary/aromatic N) is 3. The van der Waals surface area contributed by atoms with Crippen LogP contribution in [0.15, 0.2) is 60.9 Å². The molecular weight excluding hydrogens is 284 g/mol. The molecule has 1 aliphatic carbocycles. The number of rotatable bonds is 4. The molecule has 23 heavy (non-hydrogen) atoms. The third-order valence-corrected chi connectivity index (χ3v) is 4.42. The Bertz CT molecular complexity index is 834. The van der Waals surface area contributed by atoms with Crippen LogP contribution in [0.5, 0.6) is 0 Å². The Kier molecular flexibility index (Phi) is 3.80. The Morgan fingerprint density at radius 1 is 1.13 bits per heavy atom. The first kappa shape index (κ1) is 14.0. The maximum atomic E-state index is 4.37. The summed E-state index contributed by atoms with van der Waals surface area (Å²) in [4.78, 5) is 4.33. The smallest absolute Gasteiger partial charge is 0.155 e. The van der Waals surface area contributed by atoms with E-state index in [0.29, 0.717) is 0 Å². The second-order valence-electron chi connectivity index (χ2n) is 6.04. The molecule has 1 aromatic carbocycles. The van der Waals surface area contributed by atoms with Crippen LogP contribution in [-0.2, 0) is 0 Å². The van der Waals surface area contributed by atoms with Crippen LogP contribution in [0.2, 0.25) is 0 Å². The van der Waals surface area contributed by atoms with Crippen LogP contribution in [0.25, 0.3) is 16.9 Å². The van der Waals surface area contributed by atoms with Gasteiger partial charge in [0.1, 0.15) is 0 Å². The SMILES string of the molecule is C1=CCC(CNc2cccc(-c3ccnc4ccnn34)c2)CC1. The van der Waals surface area contributed by atoms with Gasteiger partial charge in [0.2, 0.25) is 0 Å². The molecule has 4 heteroatoms. The number of nitrogens with one attached hydrogen (secondary N) is 1. The fourth-order valence-corrected chi connectivity index (χ4v) is 3.15. The van der Waals surface area contributed by atoms with E-state index in [9.17, 15) is 0 Å². The molecule has 0 saturated carbocycles. The Balaban J connectivity index is 1.56. The lowest BCUT2D eigenvalue weighted by Gasteiger charge is -2.19. The number of hydrogen-bond acceptors (Lipinski definition) is 3. The molecule has 3 aromatic rings. The van der Waals surface area contributed by atoms with Crippen LogP contribution in [-0.4, -0.2) is 21.1 Å². The molecule has 0 aliphatic heterocycles. The van der Waals surface area contributed by atoms with Crippen molar-refractivity contribution < 1.29 is 0 Å². The van der Waals surface area contributed by atoms with Crippen molar-refractivity contribution in [3.8, 4) is 11.3 Å². The zero-order valence-corrected chi connectivity index (χ0v) is 13.0. The number of benzene rings is 1. The van der Waals surface area contributed by atoms with Crippen LogP contribution in [0, 0.1) is 5.92 Å². The van der Waals surface area contributed by atoms with E-state index in [1.165, 1.54) is 19.3 Å². The van der Waals surface area contributed by atoms with E-state index in [1.807, 2.05) is 22.8 Å². The topological polar surface area (TPSA) is 42.2 Å². The van der Waals surface area contributed by atoms with Crippen molar-refractivity contribution in [1.29, 1.82) is 0 Å². The monoisotopic (exact) mass is 304 g/mol. The first-order valence-electron chi connectivity index (χ1n) is 8.18. The molecule has 0 bridgehead atoms. The Labute approximate surface area is 135 Å². The molecule has 1 atom stereocenters. The molecule has 1 N–H and O–H groups in total. The molecule has 1 aliphatic rings. The summed E-state index contributed by atoms with van der Waals surface area (Å²) in [5, 5.41) is 7.96. The minimum Gasteiger partial charge on any atom is -0.385 e. The molecular formula is C19H20N4. The average molecular weight is 304 g/mol. The van der Waals surface area contributed by atoms with Crippen LogP contribution in [0.4, 0.5) is 5.69 Å². The number of hydrogen-bond donors (Lipinski definition) is 1. The second-order valence-corrected chi connectivity index (χ2v) is 6.04. The van der Waals surface area contributed by atoms with Gasteiger partial charge < -0.3 is 5.32 Å². The molecule has 0 amide bonds. The van der Waals surface area contributed by atoms with Crippen LogP contribution < -0.4 is 5.32 Å². The summed E-state index contributed by atoms with van der Waals surface area (Å²) in [5.74, 6) is 0.738. The standard InChI is InChI=1S/C19H20N4/c1-2-5-15(6-3-1)14-21-17-8-4-7-16(13-17)18-9-11-20-19-10-12-22-23(18)19/h1-2,4,7-13,15,21H,3,5-6,14H2. The zero-order chi connectivity index (χ0) is 15.5. The first-order valence-corrected chi connectivity index (χ1v) is 8.18. The van der Waals surface area contributed by atoms with Crippen molar-refractivity contribution in [2.45, 2.75) is 19.3 Å². The van der Waals surface area contributed by atoms with Gasteiger partial charge in [0.15, 0.2) is 5.65 Å². The van der Waals surface area contributed by atoms with Crippen molar-refractivity contribution in [2.24, 2.45) is 5.92 Å². The number of anilines is 1. The Morgan fingerprint density at radius 2 is 2.13 bits per heavy atom. The maximum Gasteiger partial charge on any atom is 0.155 e. The molecule has 2 aromatic heterocycles. The molecule has 2 heterocycles. The predicted octanol–water partition coefficient (Wildman–Crippen LogP) is 4.16. The third kappa shape index (κ3) is 2.97. The molecule has 4 rings (SSSR count). The quantitative estimate of drug-likeness (QED) is 0.736. The van der Waals surface area contributed by atoms with Gasteiger partial charge in [-0.1, -0.05) is 24.3 Å². The summed E-state index contributed by atoms with van der Waals surface area (Å²) in [7, 11) is 0. The minimum atomic E-state index is 0.738. The molecule has 116 valence electrons. The van der Waals surface area contributed by atoms with E-state index < -0.39 is 0 Å². The molecule has 0 fully saturated rings. The van der Waals surface area contributed by atoms with Gasteiger partial charge in [0.25, 0.3) is 0 Å². The van der Waals surface area contributed by atoms with Gasteiger partial charge in [-0.15, -0.1) is 0 Å². The largest absolute Gasteiger partial charge is 0.385 e. The van der Waals surface area contributed by atoms with Gasteiger partial charge in [-0.05, 0) is 43.4 Å². The van der Waals surface area contributed by atoms with Gasteiger partial charge in [-0.2, -0.15) is 5.10 Å². The van der Waals surface area contributed by atoms with Gasteiger partial charge in [-0.3, -0.25) is 0 Å². The molecule has 4 nitrogen and oxygen atoms in total. The maximum absolute atomic E-state index is 4.37. The normalized spacial score (nSPS) is 17.5. The number of allylic oxidation sites excluding steroid dienone is 2. The highest BCUT2D eigenvalue weighted by atomic mass is 15.2. The summed E-state index contributed by atoms with van der Waals surface area (Å²) >= 11 is 0. The van der Waals surface area contributed by atoms with Crippen molar-refractivity contribution in [3.63, 3.8) is 0 Å². The summed E-state index contributed by atoms with van der Waals surface area (Å²) in [6.07, 6.45) is 11.9. The van der Waals surface area contributed by atoms with E-state index in [2.05, 4.69) is 51.8 Å². The minimum absolute atomic E-state index is 0.738. The highest BCUT2D eigenvalue weighted by Gasteiger charge is 2.10. The lowest BCUT2D eigenvalue weighted by atomic mass is 9.94. The first-order chi connectivity index (χ1) is 11.4. The molecule has 0 saturated heterocycles. The van der Waals surface area contributed by atoms with Gasteiger partial charge in [-0.25, -0.2) is 9.50 Å². The molecule has 0 radical (unpaired) electrons. The van der Waals surface area contributed by atoms with Crippen molar-refractivity contribution >= 4 is 11.3 Å². The average Bonchev–Trinajstić information content (AvgIpc) is 3.10. The predicted molar refractivity (Wildman–Crippen MR) is 93.4 cm³/mol. The van der Waals surface area contributed by atoms with E-state index in [4.69, 9.17) is 0 Å². The highest BCUT2D eigenvalue weighted by molar-refractivity contribution is 5.67. The second kappa shape index (κ2) is 6.24. The molecule has 1 unspecified atom stereocenters. The van der Waals surface area contributed by atoms with E-state index in [1.54, 1.807) is 6.20 Å². The van der Waals surface area contributed by atoms with E-state index in [0.717, 1.165) is 35.1 Å². The summed E-state index contributed by atoms with van der Waals surface area (Å²) in [6.45, 7) is 1.03. The number of aromatic nitrogens is 3. The van der Waals surface area contributed by atoms with Crippen LogP contribution in [0.1, 0.15) is 19.3 Å². The van der Waals surface area contributed by atoms with E-state index in [-0.39, 0.29) is 0 Å². The van der Waals surface area contributed by atoms with Gasteiger partial charge in [0.05, 0.1) is 11.9 Å². The number of fused-ring (bicyclic) bond motifs is 1. The summed E-state index contributed by atoms with van der Waals surface area (Å²) in [6, 6.07) is 12.4. The van der Waals surface area contributed by atoms with Crippen LogP contribution in [0.3, 0.4) is 0 Å². The summed E-state index contributed by atoms with van der Waals surface area (Å²) in [5.41, 5.74) is 4.24. The highest BCUT2D eigenvalue weighted by Crippen LogP contribution is 2.24. The fraction of sp³-hybridized carbons (Fsp3) is 0.263. The van der Waals surface area contributed by atoms with Crippen molar-refractivity contribution in [2.75, 3.05) is 11.9 Å². The lowest BCUT2D eigenvalue weighted by Crippen LogP contribution is -2.15. The Morgan fingerprint density at radius 3 is 3.04 bits per heavy atom.